The zero-order valence-electron chi connectivity index (χ0n) is 17.3. The van der Waals surface area contributed by atoms with Crippen LogP contribution in [-0.2, 0) is 17.6 Å². The second-order valence-electron chi connectivity index (χ2n) is 7.38. The summed E-state index contributed by atoms with van der Waals surface area (Å²) in [6.45, 7) is 0. The smallest absolute Gasteiger partial charge is 0.270 e. The highest BCUT2D eigenvalue weighted by molar-refractivity contribution is 5.79. The van der Waals surface area contributed by atoms with Crippen molar-refractivity contribution in [3.05, 3.63) is 112 Å². The first-order chi connectivity index (χ1) is 16.0. The largest absolute Gasteiger partial charge is 0.344 e. The number of hydrogen-bond acceptors (Lipinski definition) is 6. The summed E-state index contributed by atoms with van der Waals surface area (Å²) in [4.78, 5) is 27.6. The summed E-state index contributed by atoms with van der Waals surface area (Å²) in [5.41, 5.74) is 1.94. The van der Waals surface area contributed by atoms with Crippen LogP contribution in [0, 0.1) is 15.9 Å². The molecule has 0 radical (unpaired) electrons. The average Bonchev–Trinajstić information content (AvgIpc) is 3.31. The molecule has 0 saturated carbocycles. The minimum Gasteiger partial charge on any atom is -0.344 e. The highest BCUT2D eigenvalue weighted by atomic mass is 19.1. The molecule has 3 aromatic carbocycles. The lowest BCUT2D eigenvalue weighted by molar-refractivity contribution is -0.384. The maximum absolute atomic E-state index is 13.1. The number of nitrogens with one attached hydrogen (secondary N) is 1. The van der Waals surface area contributed by atoms with Crippen LogP contribution in [0.3, 0.4) is 0 Å². The first-order valence-electron chi connectivity index (χ1n) is 10.1. The van der Waals surface area contributed by atoms with E-state index in [1.807, 2.05) is 30.3 Å². The number of nitrogens with zero attached hydrogens (tertiary/aromatic N) is 3. The molecule has 1 atom stereocenters. The van der Waals surface area contributed by atoms with Gasteiger partial charge in [-0.15, -0.1) is 0 Å². The normalized spacial score (nSPS) is 11.7. The predicted octanol–water partition coefficient (Wildman–Crippen LogP) is 4.43. The Morgan fingerprint density at radius 3 is 2.52 bits per heavy atom. The number of carbonyl (C=O) groups is 1. The fraction of sp³-hybridized carbons (Fsp3) is 0.125. The van der Waals surface area contributed by atoms with Gasteiger partial charge in [-0.1, -0.05) is 59.8 Å². The summed E-state index contributed by atoms with van der Waals surface area (Å²) in [6.07, 6.45) is 0.448. The van der Waals surface area contributed by atoms with E-state index >= 15 is 0 Å². The Labute approximate surface area is 188 Å². The summed E-state index contributed by atoms with van der Waals surface area (Å²) in [7, 11) is 0. The first kappa shape index (κ1) is 21.8. The van der Waals surface area contributed by atoms with Crippen molar-refractivity contribution in [3.8, 4) is 11.4 Å². The number of nitro benzene ring substituents is 1. The van der Waals surface area contributed by atoms with Crippen molar-refractivity contribution in [2.24, 2.45) is 0 Å². The Morgan fingerprint density at radius 2 is 1.79 bits per heavy atom. The van der Waals surface area contributed by atoms with Gasteiger partial charge in [0.25, 0.3) is 5.69 Å². The molecule has 1 unspecified atom stereocenters. The van der Waals surface area contributed by atoms with Gasteiger partial charge in [0.15, 0.2) is 0 Å². The number of rotatable bonds is 8. The molecule has 1 N–H and O–H groups in total. The SMILES string of the molecule is O=C(Cc1ccc(F)cc1)NC(Cc1ccccc1)c1nc(-c2cccc([N+](=O)[O-])c2)no1. The molecule has 0 aliphatic carbocycles. The highest BCUT2D eigenvalue weighted by Crippen LogP contribution is 2.24. The molecule has 1 amide bonds. The molecule has 166 valence electrons. The predicted molar refractivity (Wildman–Crippen MR) is 118 cm³/mol. The van der Waals surface area contributed by atoms with Crippen molar-refractivity contribution < 1.29 is 18.6 Å². The van der Waals surface area contributed by atoms with E-state index in [1.54, 1.807) is 18.2 Å². The number of carbonyl (C=O) groups excluding carboxylic acids is 1. The van der Waals surface area contributed by atoms with Gasteiger partial charge < -0.3 is 9.84 Å². The number of non-ortho nitro benzene ring substituents is 1. The molecule has 0 bridgehead atoms. The molecule has 0 spiro atoms. The molecular formula is C24H19FN4O4. The van der Waals surface area contributed by atoms with Crippen molar-refractivity contribution in [3.63, 3.8) is 0 Å². The van der Waals surface area contributed by atoms with Crippen LogP contribution in [0.25, 0.3) is 11.4 Å². The molecule has 0 fully saturated rings. The monoisotopic (exact) mass is 446 g/mol. The fourth-order valence-electron chi connectivity index (χ4n) is 3.34. The van der Waals surface area contributed by atoms with Crippen LogP contribution >= 0.6 is 0 Å². The lowest BCUT2D eigenvalue weighted by atomic mass is 10.0. The minimum atomic E-state index is -0.625. The van der Waals surface area contributed by atoms with Crippen LogP contribution in [0.2, 0.25) is 0 Å². The Hall–Kier alpha value is -4.40. The number of nitro groups is 1. The second kappa shape index (κ2) is 9.82. The van der Waals surface area contributed by atoms with Gasteiger partial charge in [-0.2, -0.15) is 4.98 Å². The van der Waals surface area contributed by atoms with Crippen LogP contribution in [-0.4, -0.2) is 21.0 Å². The van der Waals surface area contributed by atoms with Crippen molar-refractivity contribution in [1.82, 2.24) is 15.5 Å². The Kier molecular flexibility index (Phi) is 6.49. The third-order valence-electron chi connectivity index (χ3n) is 4.95. The molecule has 0 aliphatic heterocycles. The van der Waals surface area contributed by atoms with Crippen LogP contribution in [0.15, 0.2) is 83.4 Å². The summed E-state index contributed by atoms with van der Waals surface area (Å²) in [5, 5.41) is 17.9. The summed E-state index contributed by atoms with van der Waals surface area (Å²) < 4.78 is 18.6. The molecule has 9 heteroatoms. The molecule has 1 heterocycles. The van der Waals surface area contributed by atoms with E-state index in [-0.39, 0.29) is 35.5 Å². The Balaban J connectivity index is 1.57. The number of aromatic nitrogens is 2. The summed E-state index contributed by atoms with van der Waals surface area (Å²) in [5.74, 6) is -0.314. The van der Waals surface area contributed by atoms with Crippen LogP contribution < -0.4 is 5.32 Å². The summed E-state index contributed by atoms with van der Waals surface area (Å²) in [6, 6.07) is 20.5. The lowest BCUT2D eigenvalue weighted by Gasteiger charge is -2.15. The summed E-state index contributed by atoms with van der Waals surface area (Å²) >= 11 is 0. The van der Waals surface area contributed by atoms with Gasteiger partial charge in [-0.25, -0.2) is 4.39 Å². The molecule has 0 saturated heterocycles. The van der Waals surface area contributed by atoms with Crippen molar-refractivity contribution in [1.29, 1.82) is 0 Å². The maximum Gasteiger partial charge on any atom is 0.270 e. The maximum atomic E-state index is 13.1. The molecular weight excluding hydrogens is 427 g/mol. The topological polar surface area (TPSA) is 111 Å². The van der Waals surface area contributed by atoms with E-state index < -0.39 is 11.0 Å². The highest BCUT2D eigenvalue weighted by Gasteiger charge is 2.23. The van der Waals surface area contributed by atoms with Gasteiger partial charge in [0.2, 0.25) is 17.6 Å². The van der Waals surface area contributed by atoms with E-state index in [0.717, 1.165) is 5.56 Å². The second-order valence-corrected chi connectivity index (χ2v) is 7.38. The third-order valence-corrected chi connectivity index (χ3v) is 4.95. The van der Waals surface area contributed by atoms with Gasteiger partial charge >= 0.3 is 0 Å². The van der Waals surface area contributed by atoms with Crippen molar-refractivity contribution in [2.75, 3.05) is 0 Å². The van der Waals surface area contributed by atoms with E-state index in [0.29, 0.717) is 17.5 Å². The Bertz CT molecular complexity index is 1260. The zero-order valence-corrected chi connectivity index (χ0v) is 17.3. The molecule has 4 aromatic rings. The Morgan fingerprint density at radius 1 is 1.03 bits per heavy atom. The van der Waals surface area contributed by atoms with Crippen molar-refractivity contribution in [2.45, 2.75) is 18.9 Å². The standard InChI is InChI=1S/C24H19FN4O4/c25-19-11-9-17(10-12-19)14-22(30)26-21(13-16-5-2-1-3-6-16)24-27-23(28-33-24)18-7-4-8-20(15-18)29(31)32/h1-12,15,21H,13-14H2,(H,26,30). The quantitative estimate of drug-likeness (QED) is 0.317. The minimum absolute atomic E-state index is 0.0530. The van der Waals surface area contributed by atoms with Crippen LogP contribution in [0.4, 0.5) is 10.1 Å². The van der Waals surface area contributed by atoms with E-state index in [1.165, 1.54) is 30.3 Å². The molecule has 0 aliphatic rings. The lowest BCUT2D eigenvalue weighted by Crippen LogP contribution is -2.31. The number of benzene rings is 3. The zero-order chi connectivity index (χ0) is 23.2. The molecule has 8 nitrogen and oxygen atoms in total. The van der Waals surface area contributed by atoms with Gasteiger partial charge in [0, 0.05) is 24.1 Å². The van der Waals surface area contributed by atoms with Gasteiger partial charge in [0.1, 0.15) is 11.9 Å². The van der Waals surface area contributed by atoms with Gasteiger partial charge in [-0.3, -0.25) is 14.9 Å². The number of amides is 1. The third kappa shape index (κ3) is 5.65. The van der Waals surface area contributed by atoms with Gasteiger partial charge in [-0.05, 0) is 23.3 Å². The molecule has 1 aromatic heterocycles. The van der Waals surface area contributed by atoms with E-state index in [9.17, 15) is 19.3 Å². The average molecular weight is 446 g/mol. The van der Waals surface area contributed by atoms with E-state index in [2.05, 4.69) is 15.5 Å². The van der Waals surface area contributed by atoms with E-state index in [4.69, 9.17) is 4.52 Å². The first-order valence-corrected chi connectivity index (χ1v) is 10.1. The number of halogens is 1. The van der Waals surface area contributed by atoms with Gasteiger partial charge in [0.05, 0.1) is 11.3 Å². The van der Waals surface area contributed by atoms with Crippen LogP contribution in [0.1, 0.15) is 23.1 Å². The number of hydrogen-bond donors (Lipinski definition) is 1. The van der Waals surface area contributed by atoms with Crippen LogP contribution in [0.5, 0.6) is 0 Å². The van der Waals surface area contributed by atoms with Crippen molar-refractivity contribution >= 4 is 11.6 Å². The fourth-order valence-corrected chi connectivity index (χ4v) is 3.34. The molecule has 4 rings (SSSR count). The molecule has 33 heavy (non-hydrogen) atoms.